The minimum Gasteiger partial charge on any atom is -0.196 e. The first-order chi connectivity index (χ1) is 4.24. The van der Waals surface area contributed by atoms with E-state index >= 15 is 0 Å². The largest absolute Gasteiger partial charge is 0.197 e. The number of nitriles is 2. The van der Waals surface area contributed by atoms with E-state index in [4.69, 9.17) is 10.5 Å². The number of hydrogen-bond donors (Lipinski definition) is 0. The number of thioether (sulfide) groups is 1. The van der Waals surface area contributed by atoms with E-state index in [0.717, 1.165) is 0 Å². The highest BCUT2D eigenvalue weighted by Crippen LogP contribution is 2.22. The first kappa shape index (κ1) is 9.06. The van der Waals surface area contributed by atoms with Crippen molar-refractivity contribution in [2.45, 2.75) is 4.75 Å². The van der Waals surface area contributed by atoms with Crippen LogP contribution in [0.4, 0.5) is 0 Å². The molecular formula is C5H5IN2S. The fraction of sp³-hybridized carbons (Fsp3) is 0.600. The van der Waals surface area contributed by atoms with Gasteiger partial charge in [0, 0.05) is 4.43 Å². The van der Waals surface area contributed by atoms with Gasteiger partial charge in [-0.25, -0.2) is 0 Å². The first-order valence-corrected chi connectivity index (χ1v) is 4.93. The molecule has 48 valence electrons. The molecule has 0 heterocycles. The molecule has 0 rings (SSSR count). The molecular weight excluding hydrogens is 247 g/mol. The Morgan fingerprint density at radius 1 is 1.56 bits per heavy atom. The minimum absolute atomic E-state index is 0.554. The number of hydrogen-bond acceptors (Lipinski definition) is 3. The van der Waals surface area contributed by atoms with Gasteiger partial charge in [-0.2, -0.15) is 10.5 Å². The van der Waals surface area contributed by atoms with Crippen LogP contribution in [0.5, 0.6) is 0 Å². The van der Waals surface area contributed by atoms with Crippen molar-refractivity contribution in [3.05, 3.63) is 0 Å². The Kier molecular flexibility index (Phi) is 4.00. The molecule has 0 aliphatic rings. The van der Waals surface area contributed by atoms with Gasteiger partial charge in [-0.05, 0) is 6.26 Å². The van der Waals surface area contributed by atoms with Gasteiger partial charge >= 0.3 is 0 Å². The summed E-state index contributed by atoms with van der Waals surface area (Å²) in [4.78, 5) is 0. The third-order valence-electron chi connectivity index (χ3n) is 0.898. The summed E-state index contributed by atoms with van der Waals surface area (Å²) in [5.74, 6) is 0. The van der Waals surface area contributed by atoms with Gasteiger partial charge in [-0.15, -0.1) is 11.8 Å². The van der Waals surface area contributed by atoms with Gasteiger partial charge in [0.2, 0.25) is 0 Å². The summed E-state index contributed by atoms with van der Waals surface area (Å²) in [6.07, 6.45) is 1.77. The van der Waals surface area contributed by atoms with Crippen molar-refractivity contribution in [2.75, 3.05) is 10.7 Å². The number of rotatable bonds is 2. The number of halogens is 1. The van der Waals surface area contributed by atoms with Gasteiger partial charge in [0.1, 0.15) is 0 Å². The van der Waals surface area contributed by atoms with Crippen LogP contribution in [0.1, 0.15) is 0 Å². The standard InChI is InChI=1S/C5H5IN2S/c1-9-5(2-6,3-7)4-8/h2H2,1H3. The van der Waals surface area contributed by atoms with Gasteiger partial charge in [0.25, 0.3) is 0 Å². The minimum atomic E-state index is -0.819. The van der Waals surface area contributed by atoms with E-state index in [9.17, 15) is 0 Å². The summed E-state index contributed by atoms with van der Waals surface area (Å²) in [5.41, 5.74) is 0. The molecule has 0 fully saturated rings. The number of nitrogens with zero attached hydrogens (tertiary/aromatic N) is 2. The average molecular weight is 252 g/mol. The van der Waals surface area contributed by atoms with Crippen LogP contribution in [0.25, 0.3) is 0 Å². The van der Waals surface area contributed by atoms with E-state index in [-0.39, 0.29) is 0 Å². The predicted molar refractivity (Wildman–Crippen MR) is 46.4 cm³/mol. The summed E-state index contributed by atoms with van der Waals surface area (Å²) < 4.78 is -0.264. The maximum absolute atomic E-state index is 8.48. The van der Waals surface area contributed by atoms with Crippen LogP contribution < -0.4 is 0 Å². The van der Waals surface area contributed by atoms with Crippen LogP contribution in [-0.2, 0) is 0 Å². The number of alkyl halides is 1. The lowest BCUT2D eigenvalue weighted by molar-refractivity contribution is 1.07. The molecule has 0 radical (unpaired) electrons. The maximum atomic E-state index is 8.48. The predicted octanol–water partition coefficient (Wildman–Crippen LogP) is 1.57. The second kappa shape index (κ2) is 3.97. The molecule has 0 aliphatic heterocycles. The third kappa shape index (κ3) is 2.04. The van der Waals surface area contributed by atoms with Crippen LogP contribution in [0.15, 0.2) is 0 Å². The molecule has 0 aromatic heterocycles. The molecule has 2 nitrogen and oxygen atoms in total. The molecule has 0 unspecified atom stereocenters. The fourth-order valence-electron chi connectivity index (χ4n) is 0.231. The van der Waals surface area contributed by atoms with Gasteiger partial charge in [0.05, 0.1) is 12.1 Å². The van der Waals surface area contributed by atoms with Crippen molar-refractivity contribution in [1.82, 2.24) is 0 Å². The normalized spacial score (nSPS) is 9.78. The topological polar surface area (TPSA) is 47.6 Å². The molecule has 0 amide bonds. The Balaban J connectivity index is 4.28. The van der Waals surface area contributed by atoms with Gasteiger partial charge in [-0.1, -0.05) is 22.6 Å². The van der Waals surface area contributed by atoms with E-state index in [2.05, 4.69) is 0 Å². The van der Waals surface area contributed by atoms with Crippen molar-refractivity contribution >= 4 is 34.4 Å². The molecule has 0 bridgehead atoms. The van der Waals surface area contributed by atoms with Gasteiger partial charge in [0.15, 0.2) is 4.75 Å². The van der Waals surface area contributed by atoms with Crippen LogP contribution in [0.2, 0.25) is 0 Å². The fourth-order valence-corrected chi connectivity index (χ4v) is 1.80. The third-order valence-corrected chi connectivity index (χ3v) is 3.58. The second-order valence-corrected chi connectivity index (χ2v) is 3.26. The highest BCUT2D eigenvalue weighted by atomic mass is 127. The molecule has 0 saturated carbocycles. The Morgan fingerprint density at radius 3 is 2.00 bits per heavy atom. The van der Waals surface area contributed by atoms with Crippen molar-refractivity contribution in [1.29, 1.82) is 10.5 Å². The van der Waals surface area contributed by atoms with Crippen molar-refractivity contribution in [3.8, 4) is 12.1 Å². The van der Waals surface area contributed by atoms with Crippen LogP contribution >= 0.6 is 34.4 Å². The Hall–Kier alpha value is 0.0600. The van der Waals surface area contributed by atoms with Gasteiger partial charge < -0.3 is 0 Å². The zero-order valence-electron chi connectivity index (χ0n) is 4.89. The van der Waals surface area contributed by atoms with E-state index in [1.807, 2.05) is 34.7 Å². The SMILES string of the molecule is CSC(C#N)(C#N)CI. The molecule has 0 atom stereocenters. The van der Waals surface area contributed by atoms with Crippen LogP contribution in [0.3, 0.4) is 0 Å². The zero-order valence-corrected chi connectivity index (χ0v) is 7.86. The second-order valence-electron chi connectivity index (χ2n) is 1.39. The average Bonchev–Trinajstić information content (AvgIpc) is 1.95. The van der Waals surface area contributed by atoms with E-state index in [0.29, 0.717) is 4.43 Å². The van der Waals surface area contributed by atoms with Gasteiger partial charge in [-0.3, -0.25) is 0 Å². The van der Waals surface area contributed by atoms with Crippen LogP contribution in [0, 0.1) is 22.7 Å². The summed E-state index contributed by atoms with van der Waals surface area (Å²) >= 11 is 3.32. The Morgan fingerprint density at radius 2 is 2.00 bits per heavy atom. The maximum Gasteiger partial charge on any atom is 0.197 e. The van der Waals surface area contributed by atoms with Crippen molar-refractivity contribution in [3.63, 3.8) is 0 Å². The van der Waals surface area contributed by atoms with Crippen LogP contribution in [-0.4, -0.2) is 15.4 Å². The summed E-state index contributed by atoms with van der Waals surface area (Å²) in [6, 6.07) is 3.92. The summed E-state index contributed by atoms with van der Waals surface area (Å²) in [6.45, 7) is 0. The van der Waals surface area contributed by atoms with E-state index in [1.165, 1.54) is 11.8 Å². The monoisotopic (exact) mass is 252 g/mol. The molecule has 0 saturated heterocycles. The molecule has 0 aromatic rings. The first-order valence-electron chi connectivity index (χ1n) is 2.18. The lowest BCUT2D eigenvalue weighted by Crippen LogP contribution is -2.20. The van der Waals surface area contributed by atoms with Crippen molar-refractivity contribution in [2.24, 2.45) is 0 Å². The van der Waals surface area contributed by atoms with Crippen molar-refractivity contribution < 1.29 is 0 Å². The van der Waals surface area contributed by atoms with E-state index < -0.39 is 4.75 Å². The lowest BCUT2D eigenvalue weighted by Gasteiger charge is -2.09. The summed E-state index contributed by atoms with van der Waals surface area (Å²) in [5, 5.41) is 17.0. The zero-order chi connectivity index (χ0) is 7.33. The molecule has 0 spiro atoms. The molecule has 9 heavy (non-hydrogen) atoms. The molecule has 0 aliphatic carbocycles. The summed E-state index contributed by atoms with van der Waals surface area (Å²) in [7, 11) is 0. The molecule has 0 aromatic carbocycles. The lowest BCUT2D eigenvalue weighted by atomic mass is 10.2. The Bertz CT molecular complexity index is 147. The smallest absolute Gasteiger partial charge is 0.196 e. The highest BCUT2D eigenvalue weighted by molar-refractivity contribution is 14.1. The quantitative estimate of drug-likeness (QED) is 0.553. The molecule has 0 N–H and O–H groups in total. The Labute approximate surface area is 72.4 Å². The highest BCUT2D eigenvalue weighted by Gasteiger charge is 2.26. The van der Waals surface area contributed by atoms with E-state index in [1.54, 1.807) is 6.26 Å². The molecule has 4 heteroatoms.